The van der Waals surface area contributed by atoms with Gasteiger partial charge in [0.15, 0.2) is 11.5 Å². The van der Waals surface area contributed by atoms with Crippen molar-refractivity contribution < 1.29 is 15.0 Å². The van der Waals surface area contributed by atoms with Crippen LogP contribution in [0.5, 0.6) is 11.5 Å². The van der Waals surface area contributed by atoms with E-state index in [1.165, 1.54) is 18.2 Å². The van der Waals surface area contributed by atoms with Crippen molar-refractivity contribution in [3.8, 4) is 11.5 Å². The lowest BCUT2D eigenvalue weighted by Crippen LogP contribution is -2.23. The molecule has 94 valence electrons. The van der Waals surface area contributed by atoms with Crippen molar-refractivity contribution in [2.45, 2.75) is 6.54 Å². The second kappa shape index (κ2) is 4.79. The first-order chi connectivity index (χ1) is 8.58. The fourth-order valence-electron chi connectivity index (χ4n) is 1.54. The van der Waals surface area contributed by atoms with Crippen LogP contribution in [-0.4, -0.2) is 25.9 Å². The number of nitrogens with one attached hydrogen (secondary N) is 1. The summed E-state index contributed by atoms with van der Waals surface area (Å²) in [7, 11) is 1.78. The maximum absolute atomic E-state index is 11.8. The third kappa shape index (κ3) is 2.42. The lowest BCUT2D eigenvalue weighted by molar-refractivity contribution is 0.0947. The van der Waals surface area contributed by atoms with Crippen LogP contribution in [0.15, 0.2) is 30.5 Å². The van der Waals surface area contributed by atoms with Gasteiger partial charge >= 0.3 is 0 Å². The number of carbonyl (C=O) groups is 1. The molecule has 0 atom stereocenters. The normalized spacial score (nSPS) is 10.3. The van der Waals surface area contributed by atoms with E-state index in [0.29, 0.717) is 5.69 Å². The molecular weight excluding hydrogens is 234 g/mol. The second-order valence-electron chi connectivity index (χ2n) is 3.84. The number of hydrogen-bond donors (Lipinski definition) is 3. The zero-order valence-corrected chi connectivity index (χ0v) is 9.79. The topological polar surface area (TPSA) is 87.4 Å². The highest BCUT2D eigenvalue weighted by Crippen LogP contribution is 2.27. The summed E-state index contributed by atoms with van der Waals surface area (Å²) < 4.78 is 1.63. The number of aromatic nitrogens is 2. The molecular formula is C12H13N3O3. The maximum Gasteiger partial charge on any atom is 0.255 e. The number of aryl methyl sites for hydroxylation is 1. The van der Waals surface area contributed by atoms with Crippen LogP contribution in [0.1, 0.15) is 16.1 Å². The average Bonchev–Trinajstić information content (AvgIpc) is 2.76. The Bertz CT molecular complexity index is 578. The van der Waals surface area contributed by atoms with Gasteiger partial charge in [0.05, 0.1) is 17.8 Å². The number of aromatic hydroxyl groups is 2. The van der Waals surface area contributed by atoms with Gasteiger partial charge in [-0.15, -0.1) is 0 Å². The molecule has 3 N–H and O–H groups in total. The van der Waals surface area contributed by atoms with E-state index in [4.69, 9.17) is 0 Å². The Morgan fingerprint density at radius 2 is 2.17 bits per heavy atom. The van der Waals surface area contributed by atoms with Crippen LogP contribution < -0.4 is 5.32 Å². The summed E-state index contributed by atoms with van der Waals surface area (Å²) in [5.74, 6) is -1.20. The molecule has 0 saturated heterocycles. The van der Waals surface area contributed by atoms with E-state index in [9.17, 15) is 15.0 Å². The van der Waals surface area contributed by atoms with Crippen LogP contribution in [0.2, 0.25) is 0 Å². The van der Waals surface area contributed by atoms with E-state index in [1.807, 2.05) is 0 Å². The van der Waals surface area contributed by atoms with E-state index < -0.39 is 11.7 Å². The summed E-state index contributed by atoms with van der Waals surface area (Å²) in [5, 5.41) is 25.5. The van der Waals surface area contributed by atoms with Gasteiger partial charge in [-0.2, -0.15) is 5.10 Å². The van der Waals surface area contributed by atoms with E-state index in [2.05, 4.69) is 10.4 Å². The van der Waals surface area contributed by atoms with Crippen molar-refractivity contribution in [2.75, 3.05) is 0 Å². The molecule has 1 aromatic heterocycles. The van der Waals surface area contributed by atoms with Gasteiger partial charge < -0.3 is 15.5 Å². The highest BCUT2D eigenvalue weighted by Gasteiger charge is 2.13. The first kappa shape index (κ1) is 12.0. The van der Waals surface area contributed by atoms with Gasteiger partial charge in [0, 0.05) is 13.2 Å². The lowest BCUT2D eigenvalue weighted by Gasteiger charge is -2.06. The number of carbonyl (C=O) groups excluding carboxylic acids is 1. The monoisotopic (exact) mass is 247 g/mol. The van der Waals surface area contributed by atoms with Crippen LogP contribution >= 0.6 is 0 Å². The lowest BCUT2D eigenvalue weighted by atomic mass is 10.1. The number of hydrogen-bond acceptors (Lipinski definition) is 4. The van der Waals surface area contributed by atoms with Crippen molar-refractivity contribution in [3.05, 3.63) is 41.7 Å². The van der Waals surface area contributed by atoms with Crippen LogP contribution in [0.3, 0.4) is 0 Å². The molecule has 1 heterocycles. The van der Waals surface area contributed by atoms with E-state index >= 15 is 0 Å². The molecule has 0 aliphatic carbocycles. The Hall–Kier alpha value is -2.50. The second-order valence-corrected chi connectivity index (χ2v) is 3.84. The molecule has 6 heteroatoms. The number of rotatable bonds is 3. The fraction of sp³-hybridized carbons (Fsp3) is 0.167. The van der Waals surface area contributed by atoms with Gasteiger partial charge in [-0.3, -0.25) is 9.48 Å². The van der Waals surface area contributed by atoms with Gasteiger partial charge in [0.2, 0.25) is 0 Å². The van der Waals surface area contributed by atoms with Gasteiger partial charge in [-0.1, -0.05) is 6.07 Å². The molecule has 2 aromatic rings. The highest BCUT2D eigenvalue weighted by molar-refractivity contribution is 5.97. The smallest absolute Gasteiger partial charge is 0.255 e. The quantitative estimate of drug-likeness (QED) is 0.699. The summed E-state index contributed by atoms with van der Waals surface area (Å²) in [6.45, 7) is 0.259. The highest BCUT2D eigenvalue weighted by atomic mass is 16.3. The van der Waals surface area contributed by atoms with Crippen LogP contribution in [0.4, 0.5) is 0 Å². The minimum Gasteiger partial charge on any atom is -0.504 e. The molecule has 0 bridgehead atoms. The first-order valence-corrected chi connectivity index (χ1v) is 5.35. The number of amides is 1. The maximum atomic E-state index is 11.8. The number of phenolic OH excluding ortho intramolecular Hbond substituents is 2. The third-order valence-electron chi connectivity index (χ3n) is 2.46. The summed E-state index contributed by atoms with van der Waals surface area (Å²) in [6.07, 6.45) is 1.77. The number of para-hydroxylation sites is 1. The third-order valence-corrected chi connectivity index (χ3v) is 2.46. The Morgan fingerprint density at radius 3 is 2.83 bits per heavy atom. The summed E-state index contributed by atoms with van der Waals surface area (Å²) in [5.41, 5.74) is 0.747. The van der Waals surface area contributed by atoms with Gasteiger partial charge in [-0.05, 0) is 18.2 Å². The Balaban J connectivity index is 2.06. The standard InChI is InChI=1S/C12H13N3O3/c1-15-6-5-8(14-15)7-13-12(18)9-3-2-4-10(16)11(9)17/h2-6,16-17H,7H2,1H3,(H,13,18). The minimum atomic E-state index is -0.464. The molecule has 18 heavy (non-hydrogen) atoms. The van der Waals surface area contributed by atoms with Gasteiger partial charge in [0.25, 0.3) is 5.91 Å². The Labute approximate surface area is 103 Å². The van der Waals surface area contributed by atoms with Gasteiger partial charge in [0.1, 0.15) is 0 Å². The molecule has 0 fully saturated rings. The molecule has 1 aromatic carbocycles. The molecule has 0 spiro atoms. The SMILES string of the molecule is Cn1ccc(CNC(=O)c2cccc(O)c2O)n1. The van der Waals surface area contributed by atoms with Crippen molar-refractivity contribution >= 4 is 5.91 Å². The largest absolute Gasteiger partial charge is 0.504 e. The zero-order chi connectivity index (χ0) is 13.1. The molecule has 0 aliphatic heterocycles. The van der Waals surface area contributed by atoms with Crippen LogP contribution in [0.25, 0.3) is 0 Å². The van der Waals surface area contributed by atoms with Crippen LogP contribution in [0, 0.1) is 0 Å². The van der Waals surface area contributed by atoms with Crippen molar-refractivity contribution in [3.63, 3.8) is 0 Å². The number of benzene rings is 1. The van der Waals surface area contributed by atoms with E-state index in [1.54, 1.807) is 24.0 Å². The summed E-state index contributed by atoms with van der Waals surface area (Å²) in [6, 6.07) is 6.01. The first-order valence-electron chi connectivity index (χ1n) is 5.35. The molecule has 0 radical (unpaired) electrons. The molecule has 0 unspecified atom stereocenters. The summed E-state index contributed by atoms with van der Waals surface area (Å²) in [4.78, 5) is 11.8. The molecule has 0 aliphatic rings. The zero-order valence-electron chi connectivity index (χ0n) is 9.79. The predicted molar refractivity (Wildman–Crippen MR) is 64.1 cm³/mol. The van der Waals surface area contributed by atoms with Crippen molar-refractivity contribution in [1.29, 1.82) is 0 Å². The Morgan fingerprint density at radius 1 is 1.39 bits per heavy atom. The van der Waals surface area contributed by atoms with Crippen molar-refractivity contribution in [1.82, 2.24) is 15.1 Å². The van der Waals surface area contributed by atoms with E-state index in [-0.39, 0.29) is 17.9 Å². The Kier molecular flexibility index (Phi) is 3.18. The predicted octanol–water partition coefficient (Wildman–Crippen LogP) is 0.761. The number of phenols is 2. The molecule has 6 nitrogen and oxygen atoms in total. The minimum absolute atomic E-state index is 0.0333. The van der Waals surface area contributed by atoms with Gasteiger partial charge in [-0.25, -0.2) is 0 Å². The fourth-order valence-corrected chi connectivity index (χ4v) is 1.54. The van der Waals surface area contributed by atoms with Crippen LogP contribution in [-0.2, 0) is 13.6 Å². The molecule has 0 saturated carbocycles. The summed E-state index contributed by atoms with van der Waals surface area (Å²) >= 11 is 0. The average molecular weight is 247 g/mol. The van der Waals surface area contributed by atoms with Crippen molar-refractivity contribution in [2.24, 2.45) is 7.05 Å². The molecule has 2 rings (SSSR count). The molecule has 1 amide bonds. The van der Waals surface area contributed by atoms with E-state index in [0.717, 1.165) is 0 Å². The number of nitrogens with zero attached hydrogens (tertiary/aromatic N) is 2.